The van der Waals surface area contributed by atoms with Crippen LogP contribution in [-0.4, -0.2) is 46.5 Å². The van der Waals surface area contributed by atoms with Crippen molar-refractivity contribution in [2.45, 2.75) is 32.7 Å². The molecule has 0 radical (unpaired) electrons. The molecule has 0 aromatic rings. The highest BCUT2D eigenvalue weighted by molar-refractivity contribution is 7.89. The first-order chi connectivity index (χ1) is 7.99. The second-order valence-electron chi connectivity index (χ2n) is 4.84. The maximum Gasteiger partial charge on any atom is 0.212 e. The summed E-state index contributed by atoms with van der Waals surface area (Å²) in [4.78, 5) is 0. The lowest BCUT2D eigenvalue weighted by atomic mass is 10.1. The van der Waals surface area contributed by atoms with Crippen LogP contribution >= 0.6 is 0 Å². The Morgan fingerprint density at radius 1 is 1.35 bits per heavy atom. The number of rotatable bonds is 8. The van der Waals surface area contributed by atoms with Crippen LogP contribution in [0.2, 0.25) is 0 Å². The van der Waals surface area contributed by atoms with E-state index in [9.17, 15) is 8.42 Å². The summed E-state index contributed by atoms with van der Waals surface area (Å²) in [5.41, 5.74) is 0. The van der Waals surface area contributed by atoms with Crippen molar-refractivity contribution in [2.24, 2.45) is 5.92 Å². The lowest BCUT2D eigenvalue weighted by Crippen LogP contribution is -2.35. The van der Waals surface area contributed by atoms with Crippen molar-refractivity contribution >= 4 is 10.0 Å². The van der Waals surface area contributed by atoms with Gasteiger partial charge >= 0.3 is 0 Å². The van der Waals surface area contributed by atoms with Crippen LogP contribution < -0.4 is 10.0 Å². The first-order valence-electron chi connectivity index (χ1n) is 6.28. The van der Waals surface area contributed by atoms with Gasteiger partial charge in [-0.25, -0.2) is 13.1 Å². The van der Waals surface area contributed by atoms with Crippen molar-refractivity contribution < 1.29 is 13.2 Å². The summed E-state index contributed by atoms with van der Waals surface area (Å²) in [5, 5.41) is 3.09. The van der Waals surface area contributed by atoms with Gasteiger partial charge in [0.1, 0.15) is 0 Å². The molecule has 102 valence electrons. The van der Waals surface area contributed by atoms with Crippen molar-refractivity contribution in [3.63, 3.8) is 0 Å². The Bertz CT molecular complexity index is 298. The van der Waals surface area contributed by atoms with E-state index in [1.54, 1.807) is 0 Å². The molecule has 6 heteroatoms. The van der Waals surface area contributed by atoms with E-state index in [2.05, 4.69) is 10.0 Å². The third-order valence-electron chi connectivity index (χ3n) is 2.82. The molecule has 0 bridgehead atoms. The van der Waals surface area contributed by atoms with Gasteiger partial charge in [-0.05, 0) is 18.8 Å². The van der Waals surface area contributed by atoms with Crippen LogP contribution in [0.5, 0.6) is 0 Å². The maximum absolute atomic E-state index is 11.6. The fraction of sp³-hybridized carbons (Fsp3) is 1.00. The second kappa shape index (κ2) is 7.31. The largest absolute Gasteiger partial charge is 0.381 e. The van der Waals surface area contributed by atoms with Gasteiger partial charge in [-0.3, -0.25) is 0 Å². The van der Waals surface area contributed by atoms with Crippen LogP contribution in [0.25, 0.3) is 0 Å². The molecule has 0 aromatic heterocycles. The summed E-state index contributed by atoms with van der Waals surface area (Å²) < 4.78 is 31.1. The molecule has 1 atom stereocenters. The monoisotopic (exact) mass is 264 g/mol. The van der Waals surface area contributed by atoms with E-state index in [1.165, 1.54) is 0 Å². The highest BCUT2D eigenvalue weighted by Gasteiger charge is 2.16. The molecule has 1 aliphatic rings. The van der Waals surface area contributed by atoms with Gasteiger partial charge in [0.05, 0.1) is 5.75 Å². The van der Waals surface area contributed by atoms with Gasteiger partial charge in [0.15, 0.2) is 0 Å². The molecule has 0 aromatic carbocycles. The van der Waals surface area contributed by atoms with Gasteiger partial charge in [-0.1, -0.05) is 13.8 Å². The first kappa shape index (κ1) is 14.9. The number of sulfonamides is 1. The maximum atomic E-state index is 11.6. The van der Waals surface area contributed by atoms with E-state index in [0.29, 0.717) is 25.0 Å². The molecule has 1 fully saturated rings. The molecule has 1 aliphatic heterocycles. The Morgan fingerprint density at radius 2 is 2.12 bits per heavy atom. The average molecular weight is 264 g/mol. The Morgan fingerprint density at radius 3 is 2.71 bits per heavy atom. The van der Waals surface area contributed by atoms with Gasteiger partial charge < -0.3 is 10.1 Å². The average Bonchev–Trinajstić information content (AvgIpc) is 2.69. The summed E-state index contributed by atoms with van der Waals surface area (Å²) in [6.45, 7) is 6.62. The molecular formula is C11H24N2O3S. The van der Waals surface area contributed by atoms with Crippen LogP contribution in [0.1, 0.15) is 26.7 Å². The summed E-state index contributed by atoms with van der Waals surface area (Å²) in [6.07, 6.45) is 1.92. The van der Waals surface area contributed by atoms with Gasteiger partial charge in [0.2, 0.25) is 10.0 Å². The topological polar surface area (TPSA) is 67.4 Å². The predicted octanol–water partition coefficient (Wildman–Crippen LogP) is 0.330. The summed E-state index contributed by atoms with van der Waals surface area (Å²) in [6, 6.07) is 0.320. The highest BCUT2D eigenvalue weighted by Crippen LogP contribution is 2.15. The summed E-state index contributed by atoms with van der Waals surface area (Å²) >= 11 is 0. The molecule has 0 saturated carbocycles. The number of hydrogen-bond donors (Lipinski definition) is 2. The summed E-state index contributed by atoms with van der Waals surface area (Å²) in [5.74, 6) is 0.665. The van der Waals surface area contributed by atoms with Gasteiger partial charge in [-0.2, -0.15) is 0 Å². The van der Waals surface area contributed by atoms with Crippen molar-refractivity contribution in [1.29, 1.82) is 0 Å². The number of ether oxygens (including phenoxy) is 1. The van der Waals surface area contributed by atoms with E-state index in [4.69, 9.17) is 4.74 Å². The SMILES string of the molecule is CC(C)NCCS(=O)(=O)NCCC1CCOC1. The normalized spacial score (nSPS) is 21.2. The van der Waals surface area contributed by atoms with Crippen molar-refractivity contribution in [3.05, 3.63) is 0 Å². The molecule has 17 heavy (non-hydrogen) atoms. The molecule has 1 saturated heterocycles. The zero-order chi connectivity index (χ0) is 12.7. The second-order valence-corrected chi connectivity index (χ2v) is 6.77. The fourth-order valence-corrected chi connectivity index (χ4v) is 2.74. The first-order valence-corrected chi connectivity index (χ1v) is 7.93. The molecule has 1 rings (SSSR count). The molecule has 0 amide bonds. The molecular weight excluding hydrogens is 240 g/mol. The van der Waals surface area contributed by atoms with Crippen LogP contribution in [0, 0.1) is 5.92 Å². The Hall–Kier alpha value is -0.170. The van der Waals surface area contributed by atoms with Gasteiger partial charge in [0.25, 0.3) is 0 Å². The minimum absolute atomic E-state index is 0.145. The smallest absolute Gasteiger partial charge is 0.212 e. The van der Waals surface area contributed by atoms with Crippen molar-refractivity contribution in [1.82, 2.24) is 10.0 Å². The van der Waals surface area contributed by atoms with Gasteiger partial charge in [0, 0.05) is 32.3 Å². The predicted molar refractivity (Wildman–Crippen MR) is 68.5 cm³/mol. The minimum Gasteiger partial charge on any atom is -0.381 e. The Balaban J connectivity index is 2.11. The third kappa shape index (κ3) is 6.98. The molecule has 0 aliphatic carbocycles. The number of nitrogens with one attached hydrogen (secondary N) is 2. The molecule has 1 unspecified atom stereocenters. The van der Waals surface area contributed by atoms with E-state index >= 15 is 0 Å². The quantitative estimate of drug-likeness (QED) is 0.663. The molecule has 5 nitrogen and oxygen atoms in total. The number of hydrogen-bond acceptors (Lipinski definition) is 4. The molecule has 0 spiro atoms. The van der Waals surface area contributed by atoms with Crippen LogP contribution in [0.3, 0.4) is 0 Å². The standard InChI is InChI=1S/C11H24N2O3S/c1-10(2)12-6-8-17(14,15)13-5-3-11-4-7-16-9-11/h10-13H,3-9H2,1-2H3. The van der Waals surface area contributed by atoms with E-state index < -0.39 is 10.0 Å². The molecule has 1 heterocycles. The zero-order valence-corrected chi connectivity index (χ0v) is 11.6. The Kier molecular flexibility index (Phi) is 6.40. The highest BCUT2D eigenvalue weighted by atomic mass is 32.2. The lowest BCUT2D eigenvalue weighted by molar-refractivity contribution is 0.184. The zero-order valence-electron chi connectivity index (χ0n) is 10.7. The van der Waals surface area contributed by atoms with Crippen LogP contribution in [0.15, 0.2) is 0 Å². The minimum atomic E-state index is -3.12. The van der Waals surface area contributed by atoms with E-state index in [-0.39, 0.29) is 5.75 Å². The van der Waals surface area contributed by atoms with E-state index in [1.807, 2.05) is 13.8 Å². The lowest BCUT2D eigenvalue weighted by Gasteiger charge is -2.11. The Labute approximate surface area is 104 Å². The van der Waals surface area contributed by atoms with E-state index in [0.717, 1.165) is 26.1 Å². The van der Waals surface area contributed by atoms with Crippen LogP contribution in [0.4, 0.5) is 0 Å². The molecule has 2 N–H and O–H groups in total. The third-order valence-corrected chi connectivity index (χ3v) is 4.21. The van der Waals surface area contributed by atoms with Crippen LogP contribution in [-0.2, 0) is 14.8 Å². The van der Waals surface area contributed by atoms with Gasteiger partial charge in [-0.15, -0.1) is 0 Å². The van der Waals surface area contributed by atoms with Crippen molar-refractivity contribution in [3.8, 4) is 0 Å². The van der Waals surface area contributed by atoms with Crippen molar-refractivity contribution in [2.75, 3.05) is 32.1 Å². The fourth-order valence-electron chi connectivity index (χ4n) is 1.78. The summed E-state index contributed by atoms with van der Waals surface area (Å²) in [7, 11) is -3.12.